The lowest BCUT2D eigenvalue weighted by Crippen LogP contribution is -2.10. The number of carbonyl (C=O) groups is 2. The molecule has 0 radical (unpaired) electrons. The van der Waals surface area contributed by atoms with Gasteiger partial charge in [0.1, 0.15) is 6.33 Å². The molecule has 7 nitrogen and oxygen atoms in total. The summed E-state index contributed by atoms with van der Waals surface area (Å²) in [7, 11) is 2.76. The number of aromatic nitrogens is 2. The predicted molar refractivity (Wildman–Crippen MR) is 76.5 cm³/mol. The van der Waals surface area contributed by atoms with E-state index in [9.17, 15) is 14.7 Å². The maximum Gasteiger partial charge on any atom is 0.203 e. The van der Waals surface area contributed by atoms with Gasteiger partial charge < -0.3 is 14.6 Å². The van der Waals surface area contributed by atoms with Crippen molar-refractivity contribution in [2.24, 2.45) is 0 Å². The van der Waals surface area contributed by atoms with E-state index in [4.69, 9.17) is 9.47 Å². The highest BCUT2D eigenvalue weighted by molar-refractivity contribution is 6.14. The zero-order valence-corrected chi connectivity index (χ0v) is 12.1. The summed E-state index contributed by atoms with van der Waals surface area (Å²) in [5, 5.41) is 10.1. The zero-order chi connectivity index (χ0) is 16.1. The number of ketones is 2. The Bertz CT molecular complexity index is 701. The zero-order valence-electron chi connectivity index (χ0n) is 12.1. The van der Waals surface area contributed by atoms with E-state index >= 15 is 0 Å². The van der Waals surface area contributed by atoms with Crippen molar-refractivity contribution in [2.45, 2.75) is 6.42 Å². The Hall–Kier alpha value is -2.96. The average Bonchev–Trinajstić information content (AvgIpc) is 2.54. The molecule has 0 fully saturated rings. The van der Waals surface area contributed by atoms with Gasteiger partial charge in [-0.25, -0.2) is 9.97 Å². The highest BCUT2D eigenvalue weighted by atomic mass is 16.5. The van der Waals surface area contributed by atoms with E-state index in [0.717, 1.165) is 0 Å². The molecule has 0 amide bonds. The van der Waals surface area contributed by atoms with Gasteiger partial charge >= 0.3 is 0 Å². The molecule has 0 saturated carbocycles. The van der Waals surface area contributed by atoms with E-state index in [0.29, 0.717) is 5.75 Å². The molecular weight excluding hydrogens is 288 g/mol. The van der Waals surface area contributed by atoms with Crippen LogP contribution in [0.15, 0.2) is 30.9 Å². The number of benzene rings is 1. The first kappa shape index (κ1) is 15.4. The second kappa shape index (κ2) is 6.66. The number of Topliss-reactive ketones (excluding diaryl/α,β-unsaturated/α-hetero) is 2. The van der Waals surface area contributed by atoms with Gasteiger partial charge in [-0.1, -0.05) is 0 Å². The molecule has 1 aromatic heterocycles. The molecular formula is C15H14N2O5. The van der Waals surface area contributed by atoms with E-state index in [-0.39, 0.29) is 22.6 Å². The molecule has 0 bridgehead atoms. The summed E-state index contributed by atoms with van der Waals surface area (Å²) in [5.74, 6) is -0.987. The minimum Gasteiger partial charge on any atom is -0.504 e. The molecule has 0 unspecified atom stereocenters. The van der Waals surface area contributed by atoms with E-state index in [1.807, 2.05) is 0 Å². The lowest BCUT2D eigenvalue weighted by Gasteiger charge is -2.11. The summed E-state index contributed by atoms with van der Waals surface area (Å²) < 4.78 is 10.0. The van der Waals surface area contributed by atoms with Crippen molar-refractivity contribution in [3.05, 3.63) is 42.0 Å². The lowest BCUT2D eigenvalue weighted by atomic mass is 10.0. The van der Waals surface area contributed by atoms with E-state index < -0.39 is 18.0 Å². The van der Waals surface area contributed by atoms with Crippen LogP contribution in [0.1, 0.15) is 27.1 Å². The second-order valence-corrected chi connectivity index (χ2v) is 4.35. The Labute approximate surface area is 126 Å². The lowest BCUT2D eigenvalue weighted by molar-refractivity contribution is 0.0892. The van der Waals surface area contributed by atoms with Gasteiger partial charge in [0.15, 0.2) is 23.1 Å². The van der Waals surface area contributed by atoms with Gasteiger partial charge in [-0.05, 0) is 12.1 Å². The van der Waals surface area contributed by atoms with Gasteiger partial charge in [0.2, 0.25) is 5.75 Å². The highest BCUT2D eigenvalue weighted by Gasteiger charge is 2.21. The van der Waals surface area contributed by atoms with Crippen molar-refractivity contribution in [3.63, 3.8) is 0 Å². The third-order valence-corrected chi connectivity index (χ3v) is 3.02. The van der Waals surface area contributed by atoms with Gasteiger partial charge in [-0.2, -0.15) is 0 Å². The number of hydrogen-bond acceptors (Lipinski definition) is 7. The van der Waals surface area contributed by atoms with Gasteiger partial charge in [0.25, 0.3) is 0 Å². The van der Waals surface area contributed by atoms with Crippen LogP contribution in [-0.4, -0.2) is 40.9 Å². The molecule has 0 aliphatic heterocycles. The molecule has 114 valence electrons. The Balaban J connectivity index is 2.25. The van der Waals surface area contributed by atoms with Crippen LogP contribution >= 0.6 is 0 Å². The molecule has 0 aliphatic carbocycles. The molecule has 22 heavy (non-hydrogen) atoms. The highest BCUT2D eigenvalue weighted by Crippen LogP contribution is 2.39. The van der Waals surface area contributed by atoms with Gasteiger partial charge in [0.05, 0.1) is 31.8 Å². The van der Waals surface area contributed by atoms with Crippen molar-refractivity contribution < 1.29 is 24.2 Å². The largest absolute Gasteiger partial charge is 0.504 e. The molecule has 2 aromatic rings. The number of carbonyl (C=O) groups excluding carboxylic acids is 2. The van der Waals surface area contributed by atoms with Crippen molar-refractivity contribution >= 4 is 11.6 Å². The summed E-state index contributed by atoms with van der Waals surface area (Å²) in [5.41, 5.74) is 0.221. The number of nitrogens with zero attached hydrogens (tertiary/aromatic N) is 2. The Morgan fingerprint density at radius 3 is 2.36 bits per heavy atom. The Kier molecular flexibility index (Phi) is 4.67. The van der Waals surface area contributed by atoms with Crippen molar-refractivity contribution in [1.29, 1.82) is 0 Å². The summed E-state index contributed by atoms with van der Waals surface area (Å²) >= 11 is 0. The number of hydrogen-bond donors (Lipinski definition) is 1. The van der Waals surface area contributed by atoms with Crippen molar-refractivity contribution in [2.75, 3.05) is 14.2 Å². The predicted octanol–water partition coefficient (Wildman–Crippen LogP) is 1.66. The van der Waals surface area contributed by atoms with E-state index in [2.05, 4.69) is 9.97 Å². The van der Waals surface area contributed by atoms with Gasteiger partial charge in [-0.3, -0.25) is 9.59 Å². The van der Waals surface area contributed by atoms with Gasteiger partial charge in [-0.15, -0.1) is 0 Å². The summed E-state index contributed by atoms with van der Waals surface area (Å²) in [6.07, 6.45) is 3.54. The topological polar surface area (TPSA) is 98.6 Å². The maximum atomic E-state index is 12.2. The molecule has 1 heterocycles. The first-order valence-corrected chi connectivity index (χ1v) is 6.33. The maximum absolute atomic E-state index is 12.2. The van der Waals surface area contributed by atoms with E-state index in [1.54, 1.807) is 0 Å². The number of phenols is 1. The molecule has 2 rings (SSSR count). The molecule has 7 heteroatoms. The normalized spacial score (nSPS) is 10.1. The van der Waals surface area contributed by atoms with Crippen molar-refractivity contribution in [3.8, 4) is 17.2 Å². The standard InChI is InChI=1S/C15H14N2O5/c1-21-13-4-3-10(14(20)15(13)22-2)12(19)5-11(18)9-6-16-8-17-7-9/h3-4,6-8,20H,5H2,1-2H3. The van der Waals surface area contributed by atoms with E-state index in [1.165, 1.54) is 45.1 Å². The van der Waals surface area contributed by atoms with Crippen LogP contribution in [0, 0.1) is 0 Å². The van der Waals surface area contributed by atoms with Crippen molar-refractivity contribution in [1.82, 2.24) is 9.97 Å². The number of rotatable bonds is 6. The van der Waals surface area contributed by atoms with Crippen LogP contribution in [0.25, 0.3) is 0 Å². The third-order valence-electron chi connectivity index (χ3n) is 3.02. The fraction of sp³-hybridized carbons (Fsp3) is 0.200. The summed E-state index contributed by atoms with van der Waals surface area (Å²) in [4.78, 5) is 31.6. The Morgan fingerprint density at radius 1 is 1.09 bits per heavy atom. The minimum absolute atomic E-state index is 0.0113. The number of phenolic OH excluding ortho intramolecular Hbond substituents is 1. The summed E-state index contributed by atoms with van der Waals surface area (Å²) in [6, 6.07) is 2.87. The SMILES string of the molecule is COc1ccc(C(=O)CC(=O)c2cncnc2)c(O)c1OC. The molecule has 1 aromatic carbocycles. The second-order valence-electron chi connectivity index (χ2n) is 4.35. The third kappa shape index (κ3) is 3.03. The molecule has 0 saturated heterocycles. The molecule has 0 aliphatic rings. The number of methoxy groups -OCH3 is 2. The minimum atomic E-state index is -0.535. The van der Waals surface area contributed by atoms with Crippen LogP contribution in [0.2, 0.25) is 0 Å². The van der Waals surface area contributed by atoms with Crippen LogP contribution in [0.5, 0.6) is 17.2 Å². The first-order chi connectivity index (χ1) is 10.6. The summed E-state index contributed by atoms with van der Waals surface area (Å²) in [6.45, 7) is 0. The monoisotopic (exact) mass is 302 g/mol. The van der Waals surface area contributed by atoms with Gasteiger partial charge in [0, 0.05) is 12.4 Å². The average molecular weight is 302 g/mol. The van der Waals surface area contributed by atoms with Crippen LogP contribution < -0.4 is 9.47 Å². The number of ether oxygens (including phenoxy) is 2. The van der Waals surface area contributed by atoms with Crippen LogP contribution in [0.3, 0.4) is 0 Å². The molecule has 0 spiro atoms. The quantitative estimate of drug-likeness (QED) is 0.640. The fourth-order valence-corrected chi connectivity index (χ4v) is 1.92. The number of aromatic hydroxyl groups is 1. The molecule has 0 atom stereocenters. The Morgan fingerprint density at radius 2 is 1.77 bits per heavy atom. The smallest absolute Gasteiger partial charge is 0.203 e. The van der Waals surface area contributed by atoms with Crippen LogP contribution in [-0.2, 0) is 0 Å². The first-order valence-electron chi connectivity index (χ1n) is 6.33. The fourth-order valence-electron chi connectivity index (χ4n) is 1.92. The van der Waals surface area contributed by atoms with Crippen LogP contribution in [0.4, 0.5) is 0 Å². The molecule has 1 N–H and O–H groups in total.